The second-order valence-electron chi connectivity index (χ2n) is 6.23. The summed E-state index contributed by atoms with van der Waals surface area (Å²) in [5.41, 5.74) is 1.78. The maximum Gasteiger partial charge on any atom is 0.330 e. The van der Waals surface area contributed by atoms with Crippen LogP contribution in [-0.4, -0.2) is 43.1 Å². The SMILES string of the molecule is COC(=O)/C=C/C[C@H](NC(=O)c1c2ccccc2nc2ccccc12)C(=O)OC. The number of para-hydroxylation sites is 2. The fourth-order valence-corrected chi connectivity index (χ4v) is 3.04. The Kier molecular flexibility index (Phi) is 6.19. The normalized spacial score (nSPS) is 12.1. The van der Waals surface area contributed by atoms with Crippen LogP contribution in [-0.2, 0) is 19.1 Å². The molecule has 7 nitrogen and oxygen atoms in total. The number of ether oxygens (including phenoxy) is 2. The highest BCUT2D eigenvalue weighted by Crippen LogP contribution is 2.26. The summed E-state index contributed by atoms with van der Waals surface area (Å²) >= 11 is 0. The third-order valence-corrected chi connectivity index (χ3v) is 4.43. The summed E-state index contributed by atoms with van der Waals surface area (Å²) in [6.07, 6.45) is 2.73. The van der Waals surface area contributed by atoms with Gasteiger partial charge >= 0.3 is 11.9 Å². The zero-order chi connectivity index (χ0) is 20.8. The molecule has 3 rings (SSSR count). The number of pyridine rings is 1. The summed E-state index contributed by atoms with van der Waals surface area (Å²) in [4.78, 5) is 41.2. The van der Waals surface area contributed by atoms with Gasteiger partial charge in [-0.15, -0.1) is 0 Å². The first-order valence-corrected chi connectivity index (χ1v) is 8.95. The van der Waals surface area contributed by atoms with Crippen LogP contribution in [0.4, 0.5) is 0 Å². The quantitative estimate of drug-likeness (QED) is 0.394. The van der Waals surface area contributed by atoms with Crippen molar-refractivity contribution in [1.29, 1.82) is 0 Å². The number of aromatic nitrogens is 1. The largest absolute Gasteiger partial charge is 0.467 e. The number of nitrogens with one attached hydrogen (secondary N) is 1. The van der Waals surface area contributed by atoms with E-state index in [1.165, 1.54) is 26.4 Å². The zero-order valence-corrected chi connectivity index (χ0v) is 16.0. The average molecular weight is 392 g/mol. The number of amides is 1. The molecule has 0 aliphatic heterocycles. The van der Waals surface area contributed by atoms with Crippen LogP contribution in [0.1, 0.15) is 16.8 Å². The van der Waals surface area contributed by atoms with Crippen molar-refractivity contribution in [2.75, 3.05) is 14.2 Å². The molecule has 0 saturated heterocycles. The molecule has 148 valence electrons. The lowest BCUT2D eigenvalue weighted by atomic mass is 10.0. The molecule has 1 amide bonds. The number of hydrogen-bond donors (Lipinski definition) is 1. The second kappa shape index (κ2) is 8.97. The summed E-state index contributed by atoms with van der Waals surface area (Å²) in [5, 5.41) is 4.07. The Morgan fingerprint density at radius 2 is 1.55 bits per heavy atom. The van der Waals surface area contributed by atoms with Gasteiger partial charge in [-0.1, -0.05) is 42.5 Å². The molecule has 29 heavy (non-hydrogen) atoms. The first-order valence-electron chi connectivity index (χ1n) is 8.95. The van der Waals surface area contributed by atoms with E-state index in [1.807, 2.05) is 48.5 Å². The second-order valence-corrected chi connectivity index (χ2v) is 6.23. The molecule has 0 unspecified atom stereocenters. The van der Waals surface area contributed by atoms with Crippen LogP contribution in [0.2, 0.25) is 0 Å². The lowest BCUT2D eigenvalue weighted by Gasteiger charge is -2.17. The van der Waals surface area contributed by atoms with Gasteiger partial charge in [0.1, 0.15) is 6.04 Å². The lowest BCUT2D eigenvalue weighted by molar-refractivity contribution is -0.143. The van der Waals surface area contributed by atoms with Gasteiger partial charge in [-0.25, -0.2) is 14.6 Å². The molecule has 0 fully saturated rings. The molecular weight excluding hydrogens is 372 g/mol. The Morgan fingerprint density at radius 1 is 0.966 bits per heavy atom. The highest BCUT2D eigenvalue weighted by atomic mass is 16.5. The molecule has 0 bridgehead atoms. The third kappa shape index (κ3) is 4.40. The molecule has 0 saturated carbocycles. The number of nitrogens with zero attached hydrogens (tertiary/aromatic N) is 1. The molecule has 1 heterocycles. The van der Waals surface area contributed by atoms with E-state index in [1.54, 1.807) is 0 Å². The number of hydrogen-bond acceptors (Lipinski definition) is 6. The topological polar surface area (TPSA) is 94.6 Å². The van der Waals surface area contributed by atoms with Crippen molar-refractivity contribution in [3.05, 3.63) is 66.2 Å². The summed E-state index contributed by atoms with van der Waals surface area (Å²) in [5.74, 6) is -1.59. The number of benzene rings is 2. The number of methoxy groups -OCH3 is 2. The summed E-state index contributed by atoms with van der Waals surface area (Å²) in [7, 11) is 2.49. The van der Waals surface area contributed by atoms with Crippen molar-refractivity contribution >= 4 is 39.7 Å². The highest BCUT2D eigenvalue weighted by molar-refractivity contribution is 6.16. The minimum Gasteiger partial charge on any atom is -0.467 e. The average Bonchev–Trinajstić information content (AvgIpc) is 2.75. The zero-order valence-electron chi connectivity index (χ0n) is 16.0. The minimum absolute atomic E-state index is 0.0778. The van der Waals surface area contributed by atoms with Gasteiger partial charge in [0.05, 0.1) is 30.8 Å². The van der Waals surface area contributed by atoms with Crippen LogP contribution in [0.5, 0.6) is 0 Å². The standard InChI is InChI=1S/C22H20N2O5/c1-28-19(25)13-7-12-18(22(27)29-2)24-21(26)20-14-8-3-5-10-16(14)23-17-11-6-4-9-15(17)20/h3-11,13,18H,12H2,1-2H3,(H,24,26)/b13-7+/t18-/m0/s1. The first-order chi connectivity index (χ1) is 14.0. The molecule has 0 aliphatic rings. The van der Waals surface area contributed by atoms with Gasteiger partial charge in [0.25, 0.3) is 5.91 Å². The lowest BCUT2D eigenvalue weighted by Crippen LogP contribution is -2.41. The summed E-state index contributed by atoms with van der Waals surface area (Å²) in [6.45, 7) is 0. The van der Waals surface area contributed by atoms with E-state index in [0.717, 1.165) is 0 Å². The van der Waals surface area contributed by atoms with Crippen LogP contribution in [0.3, 0.4) is 0 Å². The fourth-order valence-electron chi connectivity index (χ4n) is 3.04. The van der Waals surface area contributed by atoms with Crippen molar-refractivity contribution in [3.63, 3.8) is 0 Å². The van der Waals surface area contributed by atoms with E-state index in [4.69, 9.17) is 4.74 Å². The predicted octanol–water partition coefficient (Wildman–Crippen LogP) is 2.78. The molecule has 0 aliphatic carbocycles. The highest BCUT2D eigenvalue weighted by Gasteiger charge is 2.23. The Hall–Kier alpha value is -3.74. The molecule has 3 aromatic rings. The van der Waals surface area contributed by atoms with Gasteiger partial charge in [0.15, 0.2) is 0 Å². The van der Waals surface area contributed by atoms with Gasteiger partial charge in [-0.2, -0.15) is 0 Å². The minimum atomic E-state index is -0.959. The number of esters is 2. The molecule has 1 atom stereocenters. The molecule has 7 heteroatoms. The van der Waals surface area contributed by atoms with E-state index in [0.29, 0.717) is 27.4 Å². The Labute approximate surface area is 167 Å². The van der Waals surface area contributed by atoms with Crippen molar-refractivity contribution < 1.29 is 23.9 Å². The van der Waals surface area contributed by atoms with E-state index >= 15 is 0 Å². The van der Waals surface area contributed by atoms with Gasteiger partial charge in [0, 0.05) is 16.8 Å². The molecule has 1 aromatic heterocycles. The Bertz CT molecular complexity index is 1050. The van der Waals surface area contributed by atoms with Crippen LogP contribution >= 0.6 is 0 Å². The van der Waals surface area contributed by atoms with E-state index in [-0.39, 0.29) is 6.42 Å². The first kappa shape index (κ1) is 20.0. The maximum atomic E-state index is 13.2. The van der Waals surface area contributed by atoms with Crippen molar-refractivity contribution in [2.24, 2.45) is 0 Å². The Morgan fingerprint density at radius 3 is 2.10 bits per heavy atom. The molecule has 0 spiro atoms. The molecular formula is C22H20N2O5. The predicted molar refractivity (Wildman–Crippen MR) is 108 cm³/mol. The number of carbonyl (C=O) groups excluding carboxylic acids is 3. The van der Waals surface area contributed by atoms with Crippen molar-refractivity contribution in [1.82, 2.24) is 10.3 Å². The van der Waals surface area contributed by atoms with Gasteiger partial charge in [0.2, 0.25) is 0 Å². The fraction of sp³-hybridized carbons (Fsp3) is 0.182. The summed E-state index contributed by atoms with van der Waals surface area (Å²) in [6, 6.07) is 13.7. The number of carbonyl (C=O) groups is 3. The molecule has 1 N–H and O–H groups in total. The van der Waals surface area contributed by atoms with Crippen LogP contribution in [0.25, 0.3) is 21.8 Å². The van der Waals surface area contributed by atoms with Gasteiger partial charge < -0.3 is 14.8 Å². The maximum absolute atomic E-state index is 13.2. The van der Waals surface area contributed by atoms with E-state index < -0.39 is 23.9 Å². The number of rotatable bonds is 6. The van der Waals surface area contributed by atoms with E-state index in [2.05, 4.69) is 15.0 Å². The Balaban J connectivity index is 1.99. The van der Waals surface area contributed by atoms with Crippen molar-refractivity contribution in [3.8, 4) is 0 Å². The van der Waals surface area contributed by atoms with Crippen molar-refractivity contribution in [2.45, 2.75) is 12.5 Å². The molecule has 2 aromatic carbocycles. The monoisotopic (exact) mass is 392 g/mol. The van der Waals surface area contributed by atoms with Gasteiger partial charge in [-0.3, -0.25) is 4.79 Å². The van der Waals surface area contributed by atoms with Gasteiger partial charge in [-0.05, 0) is 18.6 Å². The number of fused-ring (bicyclic) bond motifs is 2. The van der Waals surface area contributed by atoms with Crippen LogP contribution in [0, 0.1) is 0 Å². The molecule has 0 radical (unpaired) electrons. The van der Waals surface area contributed by atoms with E-state index in [9.17, 15) is 14.4 Å². The van der Waals surface area contributed by atoms with Crippen LogP contribution in [0.15, 0.2) is 60.7 Å². The van der Waals surface area contributed by atoms with Crippen LogP contribution < -0.4 is 5.32 Å². The summed E-state index contributed by atoms with van der Waals surface area (Å²) < 4.78 is 9.32. The third-order valence-electron chi connectivity index (χ3n) is 4.43. The smallest absolute Gasteiger partial charge is 0.330 e.